The molecule has 3 rings (SSSR count). The number of aryl methyl sites for hydroxylation is 2. The average molecular weight is 536 g/mol. The normalized spacial score (nSPS) is 12.0. The number of carbonyl (C=O) groups is 2. The predicted octanol–water partition coefficient (Wildman–Crippen LogP) is 4.48. The van der Waals surface area contributed by atoms with E-state index in [0.717, 1.165) is 27.4 Å². The summed E-state index contributed by atoms with van der Waals surface area (Å²) in [6.45, 7) is 7.76. The minimum atomic E-state index is -4.06. The molecule has 0 aromatic heterocycles. The van der Waals surface area contributed by atoms with E-state index in [0.29, 0.717) is 18.7 Å². The third kappa shape index (κ3) is 7.44. The first-order valence-corrected chi connectivity index (χ1v) is 14.3. The highest BCUT2D eigenvalue weighted by Crippen LogP contribution is 2.26. The van der Waals surface area contributed by atoms with E-state index in [2.05, 4.69) is 5.32 Å². The smallest absolute Gasteiger partial charge is 0.264 e. The second-order valence-electron chi connectivity index (χ2n) is 9.46. The van der Waals surface area contributed by atoms with Crippen molar-refractivity contribution in [2.24, 2.45) is 0 Å². The summed E-state index contributed by atoms with van der Waals surface area (Å²) in [6, 6.07) is 22.5. The van der Waals surface area contributed by atoms with Crippen LogP contribution in [0.2, 0.25) is 0 Å². The average Bonchev–Trinajstić information content (AvgIpc) is 2.90. The van der Waals surface area contributed by atoms with Crippen LogP contribution in [0.15, 0.2) is 83.8 Å². The van der Waals surface area contributed by atoms with Crippen LogP contribution < -0.4 is 9.62 Å². The fourth-order valence-corrected chi connectivity index (χ4v) is 5.73. The van der Waals surface area contributed by atoms with E-state index in [1.54, 1.807) is 37.3 Å². The molecule has 0 bridgehead atoms. The summed E-state index contributed by atoms with van der Waals surface area (Å²) in [4.78, 5) is 28.3. The van der Waals surface area contributed by atoms with Crippen molar-refractivity contribution in [3.63, 3.8) is 0 Å². The van der Waals surface area contributed by atoms with Crippen molar-refractivity contribution in [2.45, 2.75) is 51.5 Å². The Morgan fingerprint density at radius 2 is 1.47 bits per heavy atom. The van der Waals surface area contributed by atoms with E-state index in [1.165, 1.54) is 17.0 Å². The number of nitrogens with one attached hydrogen (secondary N) is 1. The zero-order chi connectivity index (χ0) is 27.7. The van der Waals surface area contributed by atoms with Gasteiger partial charge >= 0.3 is 0 Å². The van der Waals surface area contributed by atoms with E-state index in [9.17, 15) is 18.0 Å². The topological polar surface area (TPSA) is 86.8 Å². The summed E-state index contributed by atoms with van der Waals surface area (Å²) < 4.78 is 28.8. The molecule has 1 atom stereocenters. The molecule has 38 heavy (non-hydrogen) atoms. The van der Waals surface area contributed by atoms with Crippen LogP contribution in [0.3, 0.4) is 0 Å². The lowest BCUT2D eigenvalue weighted by molar-refractivity contribution is -0.138. The minimum absolute atomic E-state index is 0.0940. The number of hydrogen-bond donors (Lipinski definition) is 1. The molecule has 0 heterocycles. The molecule has 3 aromatic carbocycles. The predicted molar refractivity (Wildman–Crippen MR) is 152 cm³/mol. The maximum absolute atomic E-state index is 13.9. The summed E-state index contributed by atoms with van der Waals surface area (Å²) in [5, 5.41) is 2.86. The first-order chi connectivity index (χ1) is 18.1. The molecule has 3 aromatic rings. The van der Waals surface area contributed by atoms with Crippen molar-refractivity contribution in [1.29, 1.82) is 0 Å². The summed E-state index contributed by atoms with van der Waals surface area (Å²) in [5.74, 6) is -0.712. The van der Waals surface area contributed by atoms with Gasteiger partial charge in [-0.1, -0.05) is 61.5 Å². The number of rotatable bonds is 12. The van der Waals surface area contributed by atoms with Crippen LogP contribution in [0.4, 0.5) is 5.69 Å². The Hall–Kier alpha value is -3.65. The largest absolute Gasteiger partial charge is 0.354 e. The summed E-state index contributed by atoms with van der Waals surface area (Å²) >= 11 is 0. The van der Waals surface area contributed by atoms with Crippen molar-refractivity contribution < 1.29 is 18.0 Å². The van der Waals surface area contributed by atoms with Crippen molar-refractivity contribution >= 4 is 27.5 Å². The number of amides is 2. The Kier molecular flexibility index (Phi) is 10.1. The van der Waals surface area contributed by atoms with Gasteiger partial charge in [0.15, 0.2) is 0 Å². The van der Waals surface area contributed by atoms with Crippen molar-refractivity contribution in [1.82, 2.24) is 10.2 Å². The van der Waals surface area contributed by atoms with Gasteiger partial charge in [-0.05, 0) is 74.6 Å². The van der Waals surface area contributed by atoms with E-state index >= 15 is 0 Å². The molecular weight excluding hydrogens is 498 g/mol. The van der Waals surface area contributed by atoms with E-state index in [-0.39, 0.29) is 17.3 Å². The van der Waals surface area contributed by atoms with Gasteiger partial charge in [-0.2, -0.15) is 0 Å². The van der Waals surface area contributed by atoms with Crippen molar-refractivity contribution in [3.05, 3.63) is 95.6 Å². The molecule has 0 saturated heterocycles. The van der Waals surface area contributed by atoms with Crippen LogP contribution in [0, 0.1) is 13.8 Å². The maximum Gasteiger partial charge on any atom is 0.264 e. The third-order valence-corrected chi connectivity index (χ3v) is 8.09. The molecular formula is C30H37N3O4S. The molecule has 7 nitrogen and oxygen atoms in total. The maximum atomic E-state index is 13.9. The summed E-state index contributed by atoms with van der Waals surface area (Å²) in [6.07, 6.45) is 1.30. The van der Waals surface area contributed by atoms with Gasteiger partial charge in [-0.15, -0.1) is 0 Å². The summed E-state index contributed by atoms with van der Waals surface area (Å²) in [5.41, 5.74) is 3.20. The van der Waals surface area contributed by atoms with Gasteiger partial charge in [0.1, 0.15) is 12.6 Å². The molecule has 0 radical (unpaired) electrons. The number of carbonyl (C=O) groups excluding carboxylic acids is 2. The fraction of sp³-hybridized carbons (Fsp3) is 0.333. The van der Waals surface area contributed by atoms with Crippen LogP contribution in [-0.2, 0) is 26.0 Å². The highest BCUT2D eigenvalue weighted by molar-refractivity contribution is 7.92. The number of sulfonamides is 1. The van der Waals surface area contributed by atoms with E-state index < -0.39 is 28.5 Å². The van der Waals surface area contributed by atoms with Crippen LogP contribution >= 0.6 is 0 Å². The van der Waals surface area contributed by atoms with Gasteiger partial charge in [0, 0.05) is 13.1 Å². The molecule has 0 aliphatic carbocycles. The Labute approximate surface area is 226 Å². The zero-order valence-corrected chi connectivity index (χ0v) is 23.4. The molecule has 8 heteroatoms. The first kappa shape index (κ1) is 28.9. The summed E-state index contributed by atoms with van der Waals surface area (Å²) in [7, 11) is -4.06. The second kappa shape index (κ2) is 13.2. The lowest BCUT2D eigenvalue weighted by atomic mass is 10.1. The Morgan fingerprint density at radius 1 is 0.895 bits per heavy atom. The zero-order valence-electron chi connectivity index (χ0n) is 22.6. The second-order valence-corrected chi connectivity index (χ2v) is 11.3. The van der Waals surface area contributed by atoms with Crippen molar-refractivity contribution in [2.75, 3.05) is 23.9 Å². The molecule has 0 saturated carbocycles. The lowest BCUT2D eigenvalue weighted by Gasteiger charge is -2.32. The van der Waals surface area contributed by atoms with Crippen LogP contribution in [0.5, 0.6) is 0 Å². The molecule has 0 spiro atoms. The highest BCUT2D eigenvalue weighted by atomic mass is 32.2. The van der Waals surface area contributed by atoms with Gasteiger partial charge in [-0.3, -0.25) is 13.9 Å². The number of nitrogens with zero attached hydrogens (tertiary/aromatic N) is 2. The third-order valence-electron chi connectivity index (χ3n) is 6.31. The van der Waals surface area contributed by atoms with Crippen LogP contribution in [-0.4, -0.2) is 50.8 Å². The molecule has 202 valence electrons. The first-order valence-electron chi connectivity index (χ1n) is 12.9. The van der Waals surface area contributed by atoms with Gasteiger partial charge in [0.25, 0.3) is 10.0 Å². The van der Waals surface area contributed by atoms with E-state index in [4.69, 9.17) is 0 Å². The molecule has 0 aliphatic rings. The van der Waals surface area contributed by atoms with Gasteiger partial charge in [0.05, 0.1) is 10.6 Å². The molecule has 0 aliphatic heterocycles. The van der Waals surface area contributed by atoms with E-state index in [1.807, 2.05) is 57.2 Å². The van der Waals surface area contributed by atoms with Gasteiger partial charge in [-0.25, -0.2) is 8.42 Å². The quantitative estimate of drug-likeness (QED) is 0.370. The van der Waals surface area contributed by atoms with Gasteiger partial charge < -0.3 is 10.2 Å². The minimum Gasteiger partial charge on any atom is -0.354 e. The van der Waals surface area contributed by atoms with Crippen molar-refractivity contribution in [3.8, 4) is 0 Å². The Bertz CT molecular complexity index is 1310. The van der Waals surface area contributed by atoms with Crippen LogP contribution in [0.1, 0.15) is 37.0 Å². The van der Waals surface area contributed by atoms with Gasteiger partial charge in [0.2, 0.25) is 11.8 Å². The SMILES string of the molecule is CCCNC(=O)C(C)N(CCc1ccccc1)C(=O)CN(c1cc(C)cc(C)c1)S(=O)(=O)c1ccccc1. The van der Waals surface area contributed by atoms with Crippen LogP contribution in [0.25, 0.3) is 0 Å². The fourth-order valence-electron chi connectivity index (χ4n) is 4.31. The molecule has 1 unspecified atom stereocenters. The standard InChI is InChI=1S/C30H37N3O4S/c1-5-17-31-30(35)25(4)32(18-16-26-12-8-6-9-13-26)29(34)22-33(27-20-23(2)19-24(3)21-27)38(36,37)28-14-10-7-11-15-28/h6-15,19-21,25H,5,16-18,22H2,1-4H3,(H,31,35). The molecule has 0 fully saturated rings. The lowest BCUT2D eigenvalue weighted by Crippen LogP contribution is -2.52. The molecule has 1 N–H and O–H groups in total. The molecule has 2 amide bonds. The Balaban J connectivity index is 1.98. The highest BCUT2D eigenvalue weighted by Gasteiger charge is 2.32. The monoisotopic (exact) mass is 535 g/mol. The number of anilines is 1. The Morgan fingerprint density at radius 3 is 2.05 bits per heavy atom. The number of benzene rings is 3. The number of hydrogen-bond acceptors (Lipinski definition) is 4.